The minimum Gasteiger partial charge on any atom is -0.492 e. The number of nitrogens with two attached hydrogens (primary N) is 1. The molecule has 1 aromatic carbocycles. The molecule has 7 heteroatoms. The van der Waals surface area contributed by atoms with Crippen molar-refractivity contribution < 1.29 is 19.4 Å². The highest BCUT2D eigenvalue weighted by atomic mass is 35.5. The number of carboxylic acids is 1. The molecule has 0 aliphatic heterocycles. The van der Waals surface area contributed by atoms with Gasteiger partial charge in [-0.1, -0.05) is 11.6 Å². The fraction of sp³-hybridized carbons (Fsp3) is 0.300. The van der Waals surface area contributed by atoms with Crippen molar-refractivity contribution in [1.29, 1.82) is 0 Å². The molecule has 0 saturated carbocycles. The van der Waals surface area contributed by atoms with Crippen molar-refractivity contribution in [1.82, 2.24) is 0 Å². The average molecular weight is 280 g/mol. The number of nitrogen functional groups attached to an aromatic ring is 1. The van der Waals surface area contributed by atoms with Crippen LogP contribution in [0.25, 0.3) is 0 Å². The quantitative estimate of drug-likeness (QED) is 0.638. The number of ether oxygens (including phenoxy) is 2. The highest BCUT2D eigenvalue weighted by molar-refractivity contribution is 6.34. The minimum atomic E-state index is -1.18. The topological polar surface area (TPSA) is 81.8 Å². The first-order valence-corrected chi connectivity index (χ1v) is 5.52. The van der Waals surface area contributed by atoms with E-state index >= 15 is 0 Å². The Bertz CT molecular complexity index is 437. The fourth-order valence-corrected chi connectivity index (χ4v) is 1.54. The molecule has 17 heavy (non-hydrogen) atoms. The van der Waals surface area contributed by atoms with Gasteiger partial charge in [0, 0.05) is 0 Å². The van der Waals surface area contributed by atoms with Crippen LogP contribution in [-0.4, -0.2) is 30.7 Å². The molecule has 0 unspecified atom stereocenters. The van der Waals surface area contributed by atoms with E-state index < -0.39 is 5.97 Å². The van der Waals surface area contributed by atoms with E-state index in [1.165, 1.54) is 13.2 Å². The number of carboxylic acid groups (broad SMARTS) is 1. The molecule has 0 aromatic heterocycles. The Kier molecular flexibility index (Phi) is 4.72. The molecule has 5 nitrogen and oxygen atoms in total. The summed E-state index contributed by atoms with van der Waals surface area (Å²) < 4.78 is 10.2. The molecule has 0 bridgehead atoms. The second kappa shape index (κ2) is 5.84. The maximum atomic E-state index is 11.0. The van der Waals surface area contributed by atoms with Crippen LogP contribution in [0.15, 0.2) is 6.07 Å². The summed E-state index contributed by atoms with van der Waals surface area (Å²) in [5, 5.41) is 9.09. The van der Waals surface area contributed by atoms with Crippen LogP contribution in [0.3, 0.4) is 0 Å². The number of hydrogen-bond acceptors (Lipinski definition) is 4. The van der Waals surface area contributed by atoms with Crippen molar-refractivity contribution >= 4 is 34.9 Å². The van der Waals surface area contributed by atoms with Crippen molar-refractivity contribution in [2.45, 2.75) is 0 Å². The number of methoxy groups -OCH3 is 1. The van der Waals surface area contributed by atoms with Crippen molar-refractivity contribution in [3.8, 4) is 11.5 Å². The monoisotopic (exact) mass is 279 g/mol. The molecule has 0 spiro atoms. The normalized spacial score (nSPS) is 10.1. The summed E-state index contributed by atoms with van der Waals surface area (Å²) in [5.41, 5.74) is 5.71. The van der Waals surface area contributed by atoms with E-state index in [4.69, 9.17) is 43.5 Å². The Labute approximate surface area is 108 Å². The van der Waals surface area contributed by atoms with E-state index in [1.807, 2.05) is 0 Å². The molecule has 94 valence electrons. The number of alkyl halides is 1. The molecular formula is C10H11Cl2NO4. The zero-order valence-electron chi connectivity index (χ0n) is 9.00. The maximum absolute atomic E-state index is 11.0. The van der Waals surface area contributed by atoms with Crippen LogP contribution in [0.1, 0.15) is 10.4 Å². The average Bonchev–Trinajstić information content (AvgIpc) is 2.30. The summed E-state index contributed by atoms with van der Waals surface area (Å²) in [6.07, 6.45) is 0. The van der Waals surface area contributed by atoms with Crippen LogP contribution < -0.4 is 15.2 Å². The minimum absolute atomic E-state index is 0.0320. The summed E-state index contributed by atoms with van der Waals surface area (Å²) in [7, 11) is 1.32. The Morgan fingerprint density at radius 1 is 1.53 bits per heavy atom. The lowest BCUT2D eigenvalue weighted by Crippen LogP contribution is -2.08. The molecular weight excluding hydrogens is 269 g/mol. The molecule has 0 heterocycles. The van der Waals surface area contributed by atoms with E-state index in [0.29, 0.717) is 0 Å². The van der Waals surface area contributed by atoms with Crippen LogP contribution in [0.2, 0.25) is 5.02 Å². The number of aromatic carboxylic acids is 1. The first-order valence-electron chi connectivity index (χ1n) is 4.61. The summed E-state index contributed by atoms with van der Waals surface area (Å²) in [4.78, 5) is 11.0. The van der Waals surface area contributed by atoms with E-state index in [-0.39, 0.29) is 40.3 Å². The van der Waals surface area contributed by atoms with Gasteiger partial charge in [0.2, 0.25) is 0 Å². The zero-order chi connectivity index (χ0) is 13.0. The molecule has 0 saturated heterocycles. The molecule has 0 amide bonds. The van der Waals surface area contributed by atoms with Crippen molar-refractivity contribution in [3.63, 3.8) is 0 Å². The van der Waals surface area contributed by atoms with Gasteiger partial charge in [-0.15, -0.1) is 11.6 Å². The van der Waals surface area contributed by atoms with Gasteiger partial charge < -0.3 is 20.3 Å². The third-order valence-corrected chi connectivity index (χ3v) is 2.45. The second-order valence-electron chi connectivity index (χ2n) is 3.02. The molecule has 0 radical (unpaired) electrons. The molecule has 1 aromatic rings. The molecule has 0 fully saturated rings. The summed E-state index contributed by atoms with van der Waals surface area (Å²) in [5.74, 6) is -0.820. The second-order valence-corrected chi connectivity index (χ2v) is 3.81. The smallest absolute Gasteiger partial charge is 0.339 e. The van der Waals surface area contributed by atoms with Gasteiger partial charge in [0.25, 0.3) is 0 Å². The van der Waals surface area contributed by atoms with Crippen LogP contribution in [-0.2, 0) is 0 Å². The van der Waals surface area contributed by atoms with Gasteiger partial charge >= 0.3 is 5.97 Å². The fourth-order valence-electron chi connectivity index (χ4n) is 1.27. The van der Waals surface area contributed by atoms with Gasteiger partial charge in [0.1, 0.15) is 12.2 Å². The predicted octanol–water partition coefficient (Wildman–Crippen LogP) is 2.25. The van der Waals surface area contributed by atoms with E-state index in [9.17, 15) is 4.79 Å². The van der Waals surface area contributed by atoms with Gasteiger partial charge in [0.15, 0.2) is 11.5 Å². The summed E-state index contributed by atoms with van der Waals surface area (Å²) >= 11 is 11.3. The van der Waals surface area contributed by atoms with Crippen LogP contribution in [0.5, 0.6) is 11.5 Å². The largest absolute Gasteiger partial charge is 0.492 e. The lowest BCUT2D eigenvalue weighted by Gasteiger charge is -2.15. The van der Waals surface area contributed by atoms with E-state index in [1.54, 1.807) is 0 Å². The summed E-state index contributed by atoms with van der Waals surface area (Å²) in [6.45, 7) is 0.168. The van der Waals surface area contributed by atoms with Gasteiger partial charge in [-0.05, 0) is 6.07 Å². The summed E-state index contributed by atoms with van der Waals surface area (Å²) in [6, 6.07) is 1.21. The van der Waals surface area contributed by atoms with Gasteiger partial charge in [-0.25, -0.2) is 4.79 Å². The highest BCUT2D eigenvalue weighted by Gasteiger charge is 2.21. The molecule has 0 aliphatic rings. The third kappa shape index (κ3) is 2.87. The third-order valence-electron chi connectivity index (χ3n) is 1.98. The molecule has 3 N–H and O–H groups in total. The Hall–Kier alpha value is -1.33. The highest BCUT2D eigenvalue weighted by Crippen LogP contribution is 2.41. The molecule has 0 aliphatic carbocycles. The Balaban J connectivity index is 3.36. The number of anilines is 1. The first kappa shape index (κ1) is 13.7. The SMILES string of the molecule is COc1c(C(=O)O)cc(Cl)c(N)c1OCCCl. The number of rotatable bonds is 5. The molecule has 0 atom stereocenters. The first-order chi connectivity index (χ1) is 8.02. The van der Waals surface area contributed by atoms with E-state index in [2.05, 4.69) is 0 Å². The van der Waals surface area contributed by atoms with Crippen LogP contribution >= 0.6 is 23.2 Å². The zero-order valence-corrected chi connectivity index (χ0v) is 10.5. The standard InChI is InChI=1S/C10H11Cl2NO4/c1-16-8-5(10(14)15)4-6(12)7(13)9(8)17-3-2-11/h4H,2-3,13H2,1H3,(H,14,15). The van der Waals surface area contributed by atoms with Gasteiger partial charge in [-0.3, -0.25) is 0 Å². The number of carbonyl (C=O) groups is 1. The molecule has 1 rings (SSSR count). The number of hydrogen-bond donors (Lipinski definition) is 2. The van der Waals surface area contributed by atoms with Gasteiger partial charge in [0.05, 0.1) is 23.7 Å². The van der Waals surface area contributed by atoms with Crippen molar-refractivity contribution in [2.75, 3.05) is 25.3 Å². The van der Waals surface area contributed by atoms with Crippen LogP contribution in [0.4, 0.5) is 5.69 Å². The predicted molar refractivity (Wildman–Crippen MR) is 65.6 cm³/mol. The number of benzene rings is 1. The van der Waals surface area contributed by atoms with Gasteiger partial charge in [-0.2, -0.15) is 0 Å². The maximum Gasteiger partial charge on any atom is 0.339 e. The Morgan fingerprint density at radius 3 is 2.65 bits per heavy atom. The number of halogens is 2. The Morgan fingerprint density at radius 2 is 2.18 bits per heavy atom. The van der Waals surface area contributed by atoms with Crippen LogP contribution in [0, 0.1) is 0 Å². The lowest BCUT2D eigenvalue weighted by molar-refractivity contribution is 0.0692. The lowest BCUT2D eigenvalue weighted by atomic mass is 10.1. The van der Waals surface area contributed by atoms with Crippen molar-refractivity contribution in [2.24, 2.45) is 0 Å². The van der Waals surface area contributed by atoms with E-state index in [0.717, 1.165) is 0 Å². The van der Waals surface area contributed by atoms with Crippen molar-refractivity contribution in [3.05, 3.63) is 16.7 Å².